The van der Waals surface area contributed by atoms with E-state index in [1.165, 1.54) is 71.3 Å². The van der Waals surface area contributed by atoms with Crippen molar-refractivity contribution in [1.82, 2.24) is 19.1 Å². The first-order valence-corrected chi connectivity index (χ1v) is 22.5. The summed E-state index contributed by atoms with van der Waals surface area (Å²) in [5.74, 6) is 0.657. The van der Waals surface area contributed by atoms with Gasteiger partial charge >= 0.3 is 0 Å². The van der Waals surface area contributed by atoms with Gasteiger partial charge in [0, 0.05) is 49.0 Å². The lowest BCUT2D eigenvalue weighted by atomic mass is 9.82. The summed E-state index contributed by atoms with van der Waals surface area (Å²) in [5, 5.41) is 10.7. The molecule has 0 aliphatic heterocycles. The summed E-state index contributed by atoms with van der Waals surface area (Å²) in [6.07, 6.45) is 0. The first-order chi connectivity index (χ1) is 32.0. The molecule has 0 bridgehead atoms. The molecule has 0 amide bonds. The fourth-order valence-corrected chi connectivity index (χ4v) is 11.4. The molecule has 0 unspecified atom stereocenters. The van der Waals surface area contributed by atoms with Crippen molar-refractivity contribution in [1.29, 1.82) is 0 Å². The molecule has 0 saturated heterocycles. The van der Waals surface area contributed by atoms with Gasteiger partial charge in [-0.25, -0.2) is 9.97 Å². The van der Waals surface area contributed by atoms with Gasteiger partial charge in [0.2, 0.25) is 5.95 Å². The van der Waals surface area contributed by atoms with Crippen LogP contribution >= 0.6 is 0 Å². The Labute approximate surface area is 375 Å². The van der Waals surface area contributed by atoms with Crippen LogP contribution in [-0.2, 0) is 5.41 Å². The highest BCUT2D eigenvalue weighted by Crippen LogP contribution is 2.50. The molecule has 65 heavy (non-hydrogen) atoms. The van der Waals surface area contributed by atoms with Gasteiger partial charge in [-0.1, -0.05) is 172 Å². The Morgan fingerprint density at radius 2 is 0.954 bits per heavy atom. The summed E-state index contributed by atoms with van der Waals surface area (Å²) in [6, 6.07) is 75.3. The standard InChI is InChI=1S/C61H40N4/c1-61(2)51-28-14-10-22-41(51)42-33-32-37(34-52(42)61)58-46-26-11-15-29-53(46)62-60(63-58)65-54-30-16-12-23-43(54)50-35-48(40-21-7-9-25-45(40)59(50)65)49-36-56-57(44-24-8-6-20-39(44)49)47-27-13-17-31-55(47)64(56)38-18-4-3-5-19-38/h3-36H,1-2H3. The molecule has 0 saturated carbocycles. The van der Waals surface area contributed by atoms with Crippen LogP contribution in [0.5, 0.6) is 0 Å². The van der Waals surface area contributed by atoms with Crippen LogP contribution in [0.4, 0.5) is 0 Å². The van der Waals surface area contributed by atoms with E-state index >= 15 is 0 Å². The van der Waals surface area contributed by atoms with Crippen molar-refractivity contribution in [2.45, 2.75) is 19.3 Å². The van der Waals surface area contributed by atoms with Gasteiger partial charge in [0.15, 0.2) is 0 Å². The highest BCUT2D eigenvalue weighted by atomic mass is 15.2. The lowest BCUT2D eigenvalue weighted by Crippen LogP contribution is -2.15. The van der Waals surface area contributed by atoms with Crippen LogP contribution in [0, 0.1) is 0 Å². The average Bonchev–Trinajstić information content (AvgIpc) is 3.96. The van der Waals surface area contributed by atoms with Crippen LogP contribution in [0.25, 0.3) is 121 Å². The molecule has 10 aromatic carbocycles. The third-order valence-electron chi connectivity index (χ3n) is 14.3. The van der Waals surface area contributed by atoms with Crippen molar-refractivity contribution in [3.8, 4) is 45.1 Å². The third-order valence-corrected chi connectivity index (χ3v) is 14.3. The SMILES string of the molecule is CC1(C)c2ccccc2-c2ccc(-c3nc(-n4c5ccccc5c5cc(-c6cc7c(c8ccccc68)c6ccccc6n7-c6ccccc6)c6ccccc6c54)nc4ccccc34)cc21. The second-order valence-electron chi connectivity index (χ2n) is 18.1. The molecule has 14 rings (SSSR count). The van der Waals surface area contributed by atoms with Crippen LogP contribution in [-0.4, -0.2) is 19.1 Å². The third kappa shape index (κ3) is 5.02. The molecular formula is C61H40N4. The second kappa shape index (κ2) is 13.3. The fourth-order valence-electron chi connectivity index (χ4n) is 11.4. The van der Waals surface area contributed by atoms with E-state index in [2.05, 4.69) is 229 Å². The van der Waals surface area contributed by atoms with Gasteiger partial charge in [0.25, 0.3) is 0 Å². The molecule has 0 atom stereocenters. The van der Waals surface area contributed by atoms with Crippen molar-refractivity contribution < 1.29 is 0 Å². The van der Waals surface area contributed by atoms with Crippen molar-refractivity contribution in [3.05, 3.63) is 217 Å². The number of fused-ring (bicyclic) bond motifs is 14. The maximum atomic E-state index is 5.61. The highest BCUT2D eigenvalue weighted by molar-refractivity contribution is 6.27. The van der Waals surface area contributed by atoms with Crippen LogP contribution < -0.4 is 0 Å². The van der Waals surface area contributed by atoms with E-state index in [1.54, 1.807) is 0 Å². The predicted molar refractivity (Wildman–Crippen MR) is 272 cm³/mol. The Bertz CT molecular complexity index is 4150. The molecule has 304 valence electrons. The van der Waals surface area contributed by atoms with Crippen molar-refractivity contribution in [3.63, 3.8) is 0 Å². The summed E-state index contributed by atoms with van der Waals surface area (Å²) in [4.78, 5) is 11.0. The number of nitrogens with zero attached hydrogens (tertiary/aromatic N) is 4. The lowest BCUT2D eigenvalue weighted by Gasteiger charge is -2.22. The van der Waals surface area contributed by atoms with Crippen LogP contribution in [0.1, 0.15) is 25.0 Å². The minimum absolute atomic E-state index is 0.134. The molecule has 0 N–H and O–H groups in total. The van der Waals surface area contributed by atoms with E-state index in [0.29, 0.717) is 5.95 Å². The van der Waals surface area contributed by atoms with Gasteiger partial charge in [-0.05, 0) is 98.1 Å². The minimum Gasteiger partial charge on any atom is -0.309 e. The minimum atomic E-state index is -0.134. The fraction of sp³-hybridized carbons (Fsp3) is 0.0492. The van der Waals surface area contributed by atoms with Crippen LogP contribution in [0.15, 0.2) is 206 Å². The van der Waals surface area contributed by atoms with Gasteiger partial charge in [-0.15, -0.1) is 0 Å². The quantitative estimate of drug-likeness (QED) is 0.177. The van der Waals surface area contributed by atoms with Crippen LogP contribution in [0.2, 0.25) is 0 Å². The summed E-state index contributed by atoms with van der Waals surface area (Å²) in [6.45, 7) is 4.68. The zero-order valence-corrected chi connectivity index (χ0v) is 35.9. The molecule has 1 aliphatic rings. The zero-order chi connectivity index (χ0) is 43.0. The average molecular weight is 829 g/mol. The van der Waals surface area contributed by atoms with E-state index in [9.17, 15) is 0 Å². The normalized spacial score (nSPS) is 13.2. The molecule has 0 spiro atoms. The maximum Gasteiger partial charge on any atom is 0.235 e. The lowest BCUT2D eigenvalue weighted by molar-refractivity contribution is 0.660. The van der Waals surface area contributed by atoms with Gasteiger partial charge in [-0.3, -0.25) is 4.57 Å². The number of rotatable bonds is 4. The maximum absolute atomic E-state index is 5.61. The number of para-hydroxylation sites is 4. The smallest absolute Gasteiger partial charge is 0.235 e. The van der Waals surface area contributed by atoms with Gasteiger partial charge < -0.3 is 4.57 Å². The van der Waals surface area contributed by atoms with E-state index in [4.69, 9.17) is 9.97 Å². The Kier molecular flexibility index (Phi) is 7.42. The van der Waals surface area contributed by atoms with Crippen LogP contribution in [0.3, 0.4) is 0 Å². The Balaban J connectivity index is 1.06. The summed E-state index contributed by atoms with van der Waals surface area (Å²) in [5.41, 5.74) is 16.2. The molecule has 3 aromatic heterocycles. The van der Waals surface area contributed by atoms with Crippen molar-refractivity contribution in [2.24, 2.45) is 0 Å². The molecule has 3 heterocycles. The molecule has 0 fully saturated rings. The molecule has 4 nitrogen and oxygen atoms in total. The van der Waals surface area contributed by atoms with Crippen molar-refractivity contribution >= 4 is 76.1 Å². The van der Waals surface area contributed by atoms with E-state index in [-0.39, 0.29) is 5.41 Å². The number of hydrogen-bond acceptors (Lipinski definition) is 2. The predicted octanol–water partition coefficient (Wildman–Crippen LogP) is 15.8. The first kappa shape index (κ1) is 36.2. The van der Waals surface area contributed by atoms with E-state index in [0.717, 1.165) is 55.0 Å². The number of hydrogen-bond donors (Lipinski definition) is 0. The van der Waals surface area contributed by atoms with E-state index in [1.807, 2.05) is 0 Å². The molecule has 0 radical (unpaired) electrons. The van der Waals surface area contributed by atoms with E-state index < -0.39 is 0 Å². The Hall–Kier alpha value is -8.34. The summed E-state index contributed by atoms with van der Waals surface area (Å²) in [7, 11) is 0. The topological polar surface area (TPSA) is 35.6 Å². The van der Waals surface area contributed by atoms with Gasteiger partial charge in [0.1, 0.15) is 0 Å². The largest absolute Gasteiger partial charge is 0.309 e. The highest BCUT2D eigenvalue weighted by Gasteiger charge is 2.35. The second-order valence-corrected chi connectivity index (χ2v) is 18.1. The summed E-state index contributed by atoms with van der Waals surface area (Å²) < 4.78 is 4.75. The number of benzene rings is 10. The molecule has 1 aliphatic carbocycles. The Morgan fingerprint density at radius 1 is 0.369 bits per heavy atom. The monoisotopic (exact) mass is 828 g/mol. The molecular weight excluding hydrogens is 789 g/mol. The van der Waals surface area contributed by atoms with Crippen molar-refractivity contribution in [2.75, 3.05) is 0 Å². The molecule has 4 heteroatoms. The summed E-state index contributed by atoms with van der Waals surface area (Å²) >= 11 is 0. The Morgan fingerprint density at radius 3 is 1.75 bits per heavy atom. The first-order valence-electron chi connectivity index (χ1n) is 22.5. The zero-order valence-electron chi connectivity index (χ0n) is 35.9. The molecule has 13 aromatic rings. The van der Waals surface area contributed by atoms with Gasteiger partial charge in [-0.2, -0.15) is 0 Å². The van der Waals surface area contributed by atoms with Gasteiger partial charge in [0.05, 0.1) is 33.3 Å². The number of aromatic nitrogens is 4.